The number of fused-ring (bicyclic) bond motifs is 1. The molecule has 1 aromatic rings. The highest BCUT2D eigenvalue weighted by atomic mass is 15.1. The summed E-state index contributed by atoms with van der Waals surface area (Å²) in [6.07, 6.45) is 8.11. The zero-order valence-corrected chi connectivity index (χ0v) is 12.8. The number of nitrogens with one attached hydrogen (secondary N) is 1. The van der Waals surface area contributed by atoms with E-state index in [-0.39, 0.29) is 0 Å². The van der Waals surface area contributed by atoms with Gasteiger partial charge in [-0.1, -0.05) is 31.5 Å². The van der Waals surface area contributed by atoms with Crippen LogP contribution in [0.4, 0.5) is 5.69 Å². The first kappa shape index (κ1) is 13.9. The third kappa shape index (κ3) is 3.01. The van der Waals surface area contributed by atoms with Crippen molar-refractivity contribution in [2.45, 2.75) is 51.5 Å². The van der Waals surface area contributed by atoms with Crippen molar-refractivity contribution >= 4 is 5.69 Å². The first-order valence-corrected chi connectivity index (χ1v) is 8.44. The second kappa shape index (κ2) is 6.62. The maximum atomic E-state index is 3.70. The number of hydrogen-bond donors (Lipinski definition) is 1. The van der Waals surface area contributed by atoms with E-state index < -0.39 is 0 Å². The van der Waals surface area contributed by atoms with Crippen molar-refractivity contribution in [2.24, 2.45) is 5.92 Å². The molecule has 1 aliphatic carbocycles. The summed E-state index contributed by atoms with van der Waals surface area (Å²) in [6.45, 7) is 5.83. The van der Waals surface area contributed by atoms with E-state index in [1.54, 1.807) is 5.56 Å². The van der Waals surface area contributed by atoms with Gasteiger partial charge < -0.3 is 10.2 Å². The fourth-order valence-electron chi connectivity index (χ4n) is 4.03. The number of para-hydroxylation sites is 1. The monoisotopic (exact) mass is 272 g/mol. The summed E-state index contributed by atoms with van der Waals surface area (Å²) in [5.41, 5.74) is 3.06. The fraction of sp³-hybridized carbons (Fsp3) is 0.667. The molecule has 1 N–H and O–H groups in total. The minimum absolute atomic E-state index is 0.746. The Morgan fingerprint density at radius 3 is 2.95 bits per heavy atom. The van der Waals surface area contributed by atoms with Gasteiger partial charge in [-0.2, -0.15) is 0 Å². The van der Waals surface area contributed by atoms with E-state index in [9.17, 15) is 0 Å². The Hall–Kier alpha value is -1.02. The van der Waals surface area contributed by atoms with Crippen LogP contribution in [0.2, 0.25) is 0 Å². The predicted molar refractivity (Wildman–Crippen MR) is 86.4 cm³/mol. The molecule has 0 spiro atoms. The molecule has 0 bridgehead atoms. The molecule has 20 heavy (non-hydrogen) atoms. The predicted octanol–water partition coefficient (Wildman–Crippen LogP) is 3.61. The van der Waals surface area contributed by atoms with Crippen LogP contribution in [0.5, 0.6) is 0 Å². The first-order valence-electron chi connectivity index (χ1n) is 8.44. The molecular weight excluding hydrogens is 244 g/mol. The Morgan fingerprint density at radius 2 is 2.05 bits per heavy atom. The number of hydrogen-bond acceptors (Lipinski definition) is 2. The van der Waals surface area contributed by atoms with E-state index in [1.165, 1.54) is 57.3 Å². The molecular formula is C18H28N2. The van der Waals surface area contributed by atoms with Gasteiger partial charge in [-0.05, 0) is 56.2 Å². The Bertz CT molecular complexity index is 429. The van der Waals surface area contributed by atoms with Gasteiger partial charge in [0.25, 0.3) is 0 Å². The summed E-state index contributed by atoms with van der Waals surface area (Å²) in [6, 6.07) is 9.80. The topological polar surface area (TPSA) is 15.3 Å². The molecule has 2 nitrogen and oxygen atoms in total. The summed E-state index contributed by atoms with van der Waals surface area (Å²) in [5, 5.41) is 3.70. The highest BCUT2D eigenvalue weighted by Gasteiger charge is 2.29. The second-order valence-corrected chi connectivity index (χ2v) is 6.39. The van der Waals surface area contributed by atoms with Gasteiger partial charge in [-0.15, -0.1) is 0 Å². The zero-order valence-electron chi connectivity index (χ0n) is 12.8. The van der Waals surface area contributed by atoms with Gasteiger partial charge in [0.2, 0.25) is 0 Å². The van der Waals surface area contributed by atoms with Crippen molar-refractivity contribution in [2.75, 3.05) is 24.5 Å². The maximum Gasteiger partial charge on any atom is 0.0398 e. The van der Waals surface area contributed by atoms with Gasteiger partial charge in [-0.3, -0.25) is 0 Å². The molecule has 0 aromatic heterocycles. The Kier molecular flexibility index (Phi) is 4.62. The summed E-state index contributed by atoms with van der Waals surface area (Å²) in [4.78, 5) is 2.67. The van der Waals surface area contributed by atoms with Crippen LogP contribution in [-0.2, 0) is 6.42 Å². The van der Waals surface area contributed by atoms with Gasteiger partial charge in [-0.25, -0.2) is 0 Å². The number of benzene rings is 1. The smallest absolute Gasteiger partial charge is 0.0398 e. The summed E-state index contributed by atoms with van der Waals surface area (Å²) < 4.78 is 0. The molecule has 2 unspecified atom stereocenters. The Labute approximate surface area is 123 Å². The quantitative estimate of drug-likeness (QED) is 0.901. The van der Waals surface area contributed by atoms with E-state index in [0.717, 1.165) is 18.5 Å². The third-order valence-electron chi connectivity index (χ3n) is 5.04. The second-order valence-electron chi connectivity index (χ2n) is 6.39. The highest BCUT2D eigenvalue weighted by molar-refractivity contribution is 5.54. The zero-order chi connectivity index (χ0) is 13.8. The lowest BCUT2D eigenvalue weighted by Gasteiger charge is -2.31. The summed E-state index contributed by atoms with van der Waals surface area (Å²) in [5.74, 6) is 0.834. The molecule has 2 atom stereocenters. The maximum absolute atomic E-state index is 3.70. The SMILES string of the molecule is CCNC1CCCC1CN1CCCCc2ccccc21. The van der Waals surface area contributed by atoms with Crippen molar-refractivity contribution in [3.8, 4) is 0 Å². The minimum Gasteiger partial charge on any atom is -0.371 e. The van der Waals surface area contributed by atoms with Crippen LogP contribution in [0.25, 0.3) is 0 Å². The molecule has 110 valence electrons. The molecule has 1 aliphatic heterocycles. The first-order chi connectivity index (χ1) is 9.88. The normalized spacial score (nSPS) is 26.4. The van der Waals surface area contributed by atoms with E-state index in [2.05, 4.69) is 41.4 Å². The van der Waals surface area contributed by atoms with E-state index in [0.29, 0.717) is 0 Å². The molecule has 0 saturated heterocycles. The fourth-order valence-corrected chi connectivity index (χ4v) is 4.03. The van der Waals surface area contributed by atoms with Crippen LogP contribution >= 0.6 is 0 Å². The van der Waals surface area contributed by atoms with Crippen LogP contribution < -0.4 is 10.2 Å². The molecule has 1 aromatic carbocycles. The third-order valence-corrected chi connectivity index (χ3v) is 5.04. The van der Waals surface area contributed by atoms with Crippen LogP contribution in [0.3, 0.4) is 0 Å². The molecule has 1 fully saturated rings. The average Bonchev–Trinajstić information content (AvgIpc) is 2.80. The average molecular weight is 272 g/mol. The standard InChI is InChI=1S/C18H28N2/c1-2-19-17-11-7-10-16(17)14-20-13-6-5-9-15-8-3-4-12-18(15)20/h3-4,8,12,16-17,19H,2,5-7,9-11,13-14H2,1H3. The van der Waals surface area contributed by atoms with Gasteiger partial charge in [0, 0.05) is 24.8 Å². The molecule has 2 heteroatoms. The molecule has 0 radical (unpaired) electrons. The number of aryl methyl sites for hydroxylation is 1. The lowest BCUT2D eigenvalue weighted by molar-refractivity contribution is 0.405. The van der Waals surface area contributed by atoms with Crippen molar-refractivity contribution in [3.05, 3.63) is 29.8 Å². The summed E-state index contributed by atoms with van der Waals surface area (Å²) >= 11 is 0. The van der Waals surface area contributed by atoms with Crippen LogP contribution in [-0.4, -0.2) is 25.7 Å². The van der Waals surface area contributed by atoms with Gasteiger partial charge in [0.15, 0.2) is 0 Å². The molecule has 2 aliphatic rings. The lowest BCUT2D eigenvalue weighted by atomic mass is 10.0. The van der Waals surface area contributed by atoms with Crippen molar-refractivity contribution in [3.63, 3.8) is 0 Å². The van der Waals surface area contributed by atoms with E-state index >= 15 is 0 Å². The number of rotatable bonds is 4. The Balaban J connectivity index is 1.73. The number of nitrogens with zero attached hydrogens (tertiary/aromatic N) is 1. The number of anilines is 1. The largest absolute Gasteiger partial charge is 0.371 e. The lowest BCUT2D eigenvalue weighted by Crippen LogP contribution is -2.39. The van der Waals surface area contributed by atoms with Crippen molar-refractivity contribution in [1.82, 2.24) is 5.32 Å². The van der Waals surface area contributed by atoms with Gasteiger partial charge in [0.05, 0.1) is 0 Å². The van der Waals surface area contributed by atoms with Crippen molar-refractivity contribution in [1.29, 1.82) is 0 Å². The molecule has 1 heterocycles. The highest BCUT2D eigenvalue weighted by Crippen LogP contribution is 2.31. The molecule has 3 rings (SSSR count). The van der Waals surface area contributed by atoms with Crippen molar-refractivity contribution < 1.29 is 0 Å². The van der Waals surface area contributed by atoms with Crippen LogP contribution in [0, 0.1) is 5.92 Å². The van der Waals surface area contributed by atoms with E-state index in [1.807, 2.05) is 0 Å². The van der Waals surface area contributed by atoms with Gasteiger partial charge in [0.1, 0.15) is 0 Å². The summed E-state index contributed by atoms with van der Waals surface area (Å²) in [7, 11) is 0. The van der Waals surface area contributed by atoms with Crippen LogP contribution in [0.1, 0.15) is 44.6 Å². The van der Waals surface area contributed by atoms with Crippen LogP contribution in [0.15, 0.2) is 24.3 Å². The van der Waals surface area contributed by atoms with E-state index in [4.69, 9.17) is 0 Å². The molecule has 1 saturated carbocycles. The molecule has 0 amide bonds. The Morgan fingerprint density at radius 1 is 1.15 bits per heavy atom. The van der Waals surface area contributed by atoms with Gasteiger partial charge >= 0.3 is 0 Å². The minimum atomic E-state index is 0.746.